The molecule has 5 heteroatoms. The fourth-order valence-corrected chi connectivity index (χ4v) is 5.43. The van der Waals surface area contributed by atoms with Gasteiger partial charge in [0.1, 0.15) is 6.61 Å². The Labute approximate surface area is 267 Å². The van der Waals surface area contributed by atoms with Crippen LogP contribution in [0.25, 0.3) is 0 Å². The summed E-state index contributed by atoms with van der Waals surface area (Å²) >= 11 is 0. The van der Waals surface area contributed by atoms with Crippen LogP contribution in [-0.4, -0.2) is 36.4 Å². The van der Waals surface area contributed by atoms with Crippen molar-refractivity contribution >= 4 is 11.9 Å². The third-order valence-corrected chi connectivity index (χ3v) is 8.31. The quantitative estimate of drug-likeness (QED) is 0.0447. The number of hydrogen-bond acceptors (Lipinski definition) is 5. The van der Waals surface area contributed by atoms with Crippen molar-refractivity contribution in [3.05, 3.63) is 12.2 Å². The van der Waals surface area contributed by atoms with Gasteiger partial charge in [-0.3, -0.25) is 9.59 Å². The molecule has 0 radical (unpaired) electrons. The van der Waals surface area contributed by atoms with E-state index in [1.807, 2.05) is 0 Å². The zero-order valence-corrected chi connectivity index (χ0v) is 28.7. The molecule has 0 aromatic heterocycles. The molecule has 1 atom stereocenters. The number of ether oxygens (including phenoxy) is 2. The number of unbranched alkanes of at least 4 members (excludes halogenated alkanes) is 24. The van der Waals surface area contributed by atoms with Crippen LogP contribution in [0.15, 0.2) is 12.2 Å². The van der Waals surface area contributed by atoms with Crippen LogP contribution in [0.5, 0.6) is 0 Å². The summed E-state index contributed by atoms with van der Waals surface area (Å²) in [5.41, 5.74) is 0. The number of aliphatic hydroxyl groups excluding tert-OH is 1. The number of hydrogen-bond donors (Lipinski definition) is 1. The second-order valence-electron chi connectivity index (χ2n) is 12.7. The first kappa shape index (κ1) is 41.6. The smallest absolute Gasteiger partial charge is 0.306 e. The molecule has 0 heterocycles. The summed E-state index contributed by atoms with van der Waals surface area (Å²) in [6.45, 7) is 4.12. The van der Waals surface area contributed by atoms with Crippen molar-refractivity contribution in [3.8, 4) is 0 Å². The third-order valence-electron chi connectivity index (χ3n) is 8.31. The fraction of sp³-hybridized carbons (Fsp3) is 0.895. The van der Waals surface area contributed by atoms with Gasteiger partial charge in [-0.2, -0.15) is 0 Å². The Morgan fingerprint density at radius 3 is 1.28 bits per heavy atom. The minimum atomic E-state index is -0.768. The van der Waals surface area contributed by atoms with Crippen LogP contribution in [-0.2, 0) is 19.1 Å². The van der Waals surface area contributed by atoms with Crippen molar-refractivity contribution < 1.29 is 24.2 Å². The van der Waals surface area contributed by atoms with Gasteiger partial charge >= 0.3 is 11.9 Å². The van der Waals surface area contributed by atoms with E-state index in [4.69, 9.17) is 9.47 Å². The summed E-state index contributed by atoms with van der Waals surface area (Å²) in [5, 5.41) is 9.52. The van der Waals surface area contributed by atoms with Crippen LogP contribution in [0.4, 0.5) is 0 Å². The Kier molecular flexibility index (Phi) is 34.0. The summed E-state index contributed by atoms with van der Waals surface area (Å²) in [5.74, 6) is -0.592. The van der Waals surface area contributed by atoms with Crippen LogP contribution in [0, 0.1) is 0 Å². The number of allylic oxidation sites excluding steroid dienone is 2. The summed E-state index contributed by atoms with van der Waals surface area (Å²) in [4.78, 5) is 24.2. The van der Waals surface area contributed by atoms with Crippen molar-refractivity contribution in [2.45, 2.75) is 206 Å². The molecule has 0 aliphatic rings. The van der Waals surface area contributed by atoms with Gasteiger partial charge < -0.3 is 14.6 Å². The monoisotopic (exact) mass is 609 g/mol. The van der Waals surface area contributed by atoms with Gasteiger partial charge in [0.05, 0.1) is 6.61 Å². The number of rotatable bonds is 34. The molecular formula is C38H72O5. The molecule has 0 saturated carbocycles. The molecule has 0 spiro atoms. The maximum Gasteiger partial charge on any atom is 0.306 e. The van der Waals surface area contributed by atoms with E-state index in [1.54, 1.807) is 0 Å². The van der Waals surface area contributed by atoms with Crippen molar-refractivity contribution in [2.24, 2.45) is 0 Å². The average molecular weight is 609 g/mol. The van der Waals surface area contributed by atoms with Crippen molar-refractivity contribution in [3.63, 3.8) is 0 Å². The lowest BCUT2D eigenvalue weighted by molar-refractivity contribution is -0.161. The van der Waals surface area contributed by atoms with E-state index in [0.29, 0.717) is 12.8 Å². The minimum Gasteiger partial charge on any atom is -0.462 e. The molecule has 0 aliphatic heterocycles. The highest BCUT2D eigenvalue weighted by molar-refractivity contribution is 5.70. The standard InChI is InChI=1S/C38H72O5/c1-3-5-7-9-11-13-15-17-18-19-21-22-24-26-28-30-32-37(40)42-35-36(34-39)43-38(41)33-31-29-27-25-23-20-16-14-12-10-8-6-4-2/h14,16,36,39H,3-13,15,17-35H2,1-2H3/b16-14-. The van der Waals surface area contributed by atoms with Crippen molar-refractivity contribution in [1.82, 2.24) is 0 Å². The maximum atomic E-state index is 12.1. The molecule has 0 rings (SSSR count). The summed E-state index contributed by atoms with van der Waals surface area (Å²) < 4.78 is 10.6. The molecule has 5 nitrogen and oxygen atoms in total. The topological polar surface area (TPSA) is 72.8 Å². The predicted octanol–water partition coefficient (Wildman–Crippen LogP) is 11.3. The number of aliphatic hydroxyl groups is 1. The van der Waals surface area contributed by atoms with Gasteiger partial charge in [0.25, 0.3) is 0 Å². The molecule has 43 heavy (non-hydrogen) atoms. The van der Waals surface area contributed by atoms with Gasteiger partial charge in [-0.1, -0.05) is 161 Å². The highest BCUT2D eigenvalue weighted by atomic mass is 16.6. The first-order valence-corrected chi connectivity index (χ1v) is 18.7. The Morgan fingerprint density at radius 2 is 0.860 bits per heavy atom. The SMILES string of the molecule is CCCCCC/C=C\CCCCCCCC(=O)OC(CO)COC(=O)CCCCCCCCCCCCCCCCCC. The maximum absolute atomic E-state index is 12.1. The van der Waals surface area contributed by atoms with Crippen LogP contribution in [0.3, 0.4) is 0 Å². The largest absolute Gasteiger partial charge is 0.462 e. The van der Waals surface area contributed by atoms with Crippen LogP contribution < -0.4 is 0 Å². The predicted molar refractivity (Wildman–Crippen MR) is 182 cm³/mol. The molecule has 0 saturated heterocycles. The lowest BCUT2D eigenvalue weighted by atomic mass is 10.0. The van der Waals surface area contributed by atoms with Crippen LogP contribution in [0.2, 0.25) is 0 Å². The molecule has 0 aliphatic carbocycles. The number of esters is 2. The first-order valence-electron chi connectivity index (χ1n) is 18.7. The lowest BCUT2D eigenvalue weighted by Gasteiger charge is -2.15. The van der Waals surface area contributed by atoms with Gasteiger partial charge in [0.15, 0.2) is 6.10 Å². The highest BCUT2D eigenvalue weighted by Crippen LogP contribution is 2.15. The number of carbonyl (C=O) groups excluding carboxylic acids is 2. The van der Waals surface area contributed by atoms with Gasteiger partial charge in [-0.05, 0) is 38.5 Å². The second kappa shape index (κ2) is 35.1. The summed E-state index contributed by atoms with van der Waals surface area (Å²) in [6, 6.07) is 0. The third kappa shape index (κ3) is 33.4. The first-order chi connectivity index (χ1) is 21.1. The van der Waals surface area contributed by atoms with E-state index in [0.717, 1.165) is 44.9 Å². The second-order valence-corrected chi connectivity index (χ2v) is 12.7. The Balaban J connectivity index is 3.53. The zero-order valence-electron chi connectivity index (χ0n) is 28.7. The summed E-state index contributed by atoms with van der Waals surface area (Å²) in [6.07, 6.45) is 38.4. The van der Waals surface area contributed by atoms with E-state index in [-0.39, 0.29) is 25.2 Å². The van der Waals surface area contributed by atoms with E-state index in [2.05, 4.69) is 26.0 Å². The van der Waals surface area contributed by atoms with Crippen LogP contribution in [0.1, 0.15) is 200 Å². The zero-order chi connectivity index (χ0) is 31.5. The lowest BCUT2D eigenvalue weighted by Crippen LogP contribution is -2.28. The van der Waals surface area contributed by atoms with Crippen molar-refractivity contribution in [2.75, 3.05) is 13.2 Å². The normalized spacial score (nSPS) is 12.2. The Bertz CT molecular complexity index is 617. The van der Waals surface area contributed by atoms with E-state index < -0.39 is 6.10 Å². The van der Waals surface area contributed by atoms with Crippen molar-refractivity contribution in [1.29, 1.82) is 0 Å². The van der Waals surface area contributed by atoms with Gasteiger partial charge in [-0.15, -0.1) is 0 Å². The average Bonchev–Trinajstić information content (AvgIpc) is 3.01. The molecule has 0 aromatic rings. The van der Waals surface area contributed by atoms with Gasteiger partial charge in [0, 0.05) is 12.8 Å². The highest BCUT2D eigenvalue weighted by Gasteiger charge is 2.16. The minimum absolute atomic E-state index is 0.0634. The molecule has 0 amide bonds. The summed E-state index contributed by atoms with van der Waals surface area (Å²) in [7, 11) is 0. The van der Waals surface area contributed by atoms with E-state index in [9.17, 15) is 14.7 Å². The Hall–Kier alpha value is -1.36. The molecule has 0 fully saturated rings. The molecule has 1 unspecified atom stereocenters. The van der Waals surface area contributed by atoms with E-state index in [1.165, 1.54) is 128 Å². The fourth-order valence-electron chi connectivity index (χ4n) is 5.43. The molecule has 0 aromatic carbocycles. The van der Waals surface area contributed by atoms with Gasteiger partial charge in [0.2, 0.25) is 0 Å². The van der Waals surface area contributed by atoms with Gasteiger partial charge in [-0.25, -0.2) is 0 Å². The molecule has 0 bridgehead atoms. The number of carbonyl (C=O) groups is 2. The molecule has 1 N–H and O–H groups in total. The molecule has 254 valence electrons. The Morgan fingerprint density at radius 1 is 0.512 bits per heavy atom. The van der Waals surface area contributed by atoms with Crippen LogP contribution >= 0.6 is 0 Å². The molecular weight excluding hydrogens is 536 g/mol. The van der Waals surface area contributed by atoms with E-state index >= 15 is 0 Å².